The zero-order valence-corrected chi connectivity index (χ0v) is 16.1. The lowest BCUT2D eigenvalue weighted by molar-refractivity contribution is -0.151. The average Bonchev–Trinajstić information content (AvgIpc) is 2.74. The monoisotopic (exact) mass is 376 g/mol. The van der Waals surface area contributed by atoms with Crippen LogP contribution in [0.2, 0.25) is 0 Å². The van der Waals surface area contributed by atoms with E-state index >= 15 is 0 Å². The Morgan fingerprint density at radius 2 is 1.75 bits per heavy atom. The van der Waals surface area contributed by atoms with Gasteiger partial charge in [0.05, 0.1) is 30.6 Å². The van der Waals surface area contributed by atoms with Crippen molar-refractivity contribution in [3.8, 4) is 17.2 Å². The van der Waals surface area contributed by atoms with Gasteiger partial charge >= 0.3 is 5.97 Å². The highest BCUT2D eigenvalue weighted by Crippen LogP contribution is 2.22. The second-order valence-electron chi connectivity index (χ2n) is 6.99. The zero-order chi connectivity index (χ0) is 19.9. The summed E-state index contributed by atoms with van der Waals surface area (Å²) < 4.78 is 5.10. The molecule has 1 atom stereocenters. The fourth-order valence-corrected chi connectivity index (χ4v) is 3.49. The molecule has 1 heterocycles. The van der Waals surface area contributed by atoms with Gasteiger partial charge in [-0.25, -0.2) is 0 Å². The predicted molar refractivity (Wildman–Crippen MR) is 106 cm³/mol. The molecule has 1 unspecified atom stereocenters. The lowest BCUT2D eigenvalue weighted by Crippen LogP contribution is -2.43. The van der Waals surface area contributed by atoms with Gasteiger partial charge in [0.1, 0.15) is 0 Å². The number of amides is 1. The number of esters is 1. The van der Waals surface area contributed by atoms with E-state index in [4.69, 9.17) is 10.00 Å². The molecule has 1 aliphatic rings. The molecule has 1 fully saturated rings. The molecule has 5 nitrogen and oxygen atoms in total. The number of hydrogen-bond donors (Lipinski definition) is 0. The first kappa shape index (κ1) is 19.6. The predicted octanol–water partition coefficient (Wildman–Crippen LogP) is 3.57. The van der Waals surface area contributed by atoms with Crippen molar-refractivity contribution in [1.82, 2.24) is 4.90 Å². The molecule has 1 saturated heterocycles. The van der Waals surface area contributed by atoms with Crippen LogP contribution in [0, 0.1) is 17.2 Å². The number of nitriles is 1. The molecule has 1 aliphatic heterocycles. The Kier molecular flexibility index (Phi) is 6.44. The molecule has 1 amide bonds. The number of hydrogen-bond acceptors (Lipinski definition) is 4. The highest BCUT2D eigenvalue weighted by Gasteiger charge is 2.29. The van der Waals surface area contributed by atoms with Crippen LogP contribution >= 0.6 is 0 Å². The Morgan fingerprint density at radius 1 is 1.11 bits per heavy atom. The summed E-state index contributed by atoms with van der Waals surface area (Å²) >= 11 is 0. The molecule has 0 bridgehead atoms. The number of benzene rings is 2. The summed E-state index contributed by atoms with van der Waals surface area (Å²) in [4.78, 5) is 26.4. The number of nitrogens with zero attached hydrogens (tertiary/aromatic N) is 2. The summed E-state index contributed by atoms with van der Waals surface area (Å²) in [6, 6.07) is 17.4. The lowest BCUT2D eigenvalue weighted by Gasteiger charge is -2.31. The van der Waals surface area contributed by atoms with Gasteiger partial charge < -0.3 is 9.64 Å². The maximum atomic E-state index is 12.7. The van der Waals surface area contributed by atoms with Crippen LogP contribution < -0.4 is 0 Å². The summed E-state index contributed by atoms with van der Waals surface area (Å²) in [5.41, 5.74) is 3.65. The van der Waals surface area contributed by atoms with Gasteiger partial charge in [0.2, 0.25) is 5.91 Å². The van der Waals surface area contributed by atoms with E-state index in [1.807, 2.05) is 36.4 Å². The topological polar surface area (TPSA) is 70.4 Å². The molecular weight excluding hydrogens is 352 g/mol. The highest BCUT2D eigenvalue weighted by atomic mass is 16.5. The summed E-state index contributed by atoms with van der Waals surface area (Å²) in [7, 11) is 0. The van der Waals surface area contributed by atoms with E-state index in [9.17, 15) is 9.59 Å². The highest BCUT2D eigenvalue weighted by molar-refractivity contribution is 5.80. The number of carbonyl (C=O) groups excluding carboxylic acids is 2. The Labute approximate surface area is 165 Å². The normalized spacial score (nSPS) is 16.3. The maximum absolute atomic E-state index is 12.7. The van der Waals surface area contributed by atoms with Crippen molar-refractivity contribution in [2.45, 2.75) is 26.2 Å². The minimum absolute atomic E-state index is 0.0418. The van der Waals surface area contributed by atoms with Gasteiger partial charge in [-0.2, -0.15) is 5.26 Å². The number of rotatable bonds is 5. The number of piperidine rings is 1. The third kappa shape index (κ3) is 4.77. The fourth-order valence-electron chi connectivity index (χ4n) is 3.49. The van der Waals surface area contributed by atoms with E-state index in [0.29, 0.717) is 31.7 Å². The molecule has 5 heteroatoms. The average molecular weight is 376 g/mol. The third-order valence-electron chi connectivity index (χ3n) is 5.05. The van der Waals surface area contributed by atoms with E-state index in [0.717, 1.165) is 29.5 Å². The second kappa shape index (κ2) is 9.18. The van der Waals surface area contributed by atoms with Crippen molar-refractivity contribution >= 4 is 11.9 Å². The number of ether oxygens (including phenoxy) is 1. The van der Waals surface area contributed by atoms with Crippen molar-refractivity contribution in [3.63, 3.8) is 0 Å². The van der Waals surface area contributed by atoms with Crippen molar-refractivity contribution < 1.29 is 14.3 Å². The van der Waals surface area contributed by atoms with Crippen molar-refractivity contribution in [3.05, 3.63) is 59.7 Å². The van der Waals surface area contributed by atoms with Crippen LogP contribution in [-0.4, -0.2) is 36.5 Å². The van der Waals surface area contributed by atoms with Crippen LogP contribution in [-0.2, 0) is 20.7 Å². The van der Waals surface area contributed by atoms with E-state index in [1.165, 1.54) is 0 Å². The van der Waals surface area contributed by atoms with E-state index < -0.39 is 0 Å². The van der Waals surface area contributed by atoms with Gasteiger partial charge in [0.15, 0.2) is 0 Å². The van der Waals surface area contributed by atoms with Gasteiger partial charge in [0, 0.05) is 13.1 Å². The van der Waals surface area contributed by atoms with Crippen molar-refractivity contribution in [1.29, 1.82) is 5.26 Å². The van der Waals surface area contributed by atoms with Gasteiger partial charge in [0.25, 0.3) is 0 Å². The third-order valence-corrected chi connectivity index (χ3v) is 5.05. The molecule has 28 heavy (non-hydrogen) atoms. The molecule has 3 rings (SSSR count). The Bertz CT molecular complexity index is 866. The fraction of sp³-hybridized carbons (Fsp3) is 0.348. The molecule has 144 valence electrons. The Morgan fingerprint density at radius 3 is 2.36 bits per heavy atom. The van der Waals surface area contributed by atoms with Crippen LogP contribution in [0.3, 0.4) is 0 Å². The largest absolute Gasteiger partial charge is 0.466 e. The smallest absolute Gasteiger partial charge is 0.310 e. The minimum Gasteiger partial charge on any atom is -0.466 e. The summed E-state index contributed by atoms with van der Waals surface area (Å²) in [5.74, 6) is -0.372. The Hall–Kier alpha value is -3.13. The molecule has 0 saturated carbocycles. The summed E-state index contributed by atoms with van der Waals surface area (Å²) in [6.45, 7) is 3.30. The zero-order valence-electron chi connectivity index (χ0n) is 16.1. The van der Waals surface area contributed by atoms with Gasteiger partial charge in [-0.15, -0.1) is 0 Å². The van der Waals surface area contributed by atoms with Gasteiger partial charge in [-0.05, 0) is 48.6 Å². The quantitative estimate of drug-likeness (QED) is 0.748. The lowest BCUT2D eigenvalue weighted by atomic mass is 9.97. The molecule has 2 aromatic carbocycles. The number of likely N-dealkylation sites (tertiary alicyclic amines) is 1. The maximum Gasteiger partial charge on any atom is 0.310 e. The molecule has 2 aromatic rings. The van der Waals surface area contributed by atoms with E-state index in [-0.39, 0.29) is 17.8 Å². The molecule has 0 aromatic heterocycles. The first-order valence-electron chi connectivity index (χ1n) is 9.64. The molecule has 0 spiro atoms. The van der Waals surface area contributed by atoms with Crippen LogP contribution in [0.25, 0.3) is 11.1 Å². The SMILES string of the molecule is CCOC(=O)C1CCCN(C(=O)Cc2ccc(-c3ccc(C#N)cc3)cc2)C1. The molecular formula is C23H24N2O3. The summed E-state index contributed by atoms with van der Waals surface area (Å²) in [5, 5.41) is 8.89. The molecule has 0 radical (unpaired) electrons. The second-order valence-corrected chi connectivity index (χ2v) is 6.99. The van der Waals surface area contributed by atoms with Crippen LogP contribution in [0.5, 0.6) is 0 Å². The molecule has 0 aliphatic carbocycles. The van der Waals surface area contributed by atoms with E-state index in [2.05, 4.69) is 6.07 Å². The van der Waals surface area contributed by atoms with Gasteiger partial charge in [-0.1, -0.05) is 36.4 Å². The van der Waals surface area contributed by atoms with Crippen molar-refractivity contribution in [2.75, 3.05) is 19.7 Å². The summed E-state index contributed by atoms with van der Waals surface area (Å²) in [6.07, 6.45) is 1.93. The van der Waals surface area contributed by atoms with Crippen LogP contribution in [0.15, 0.2) is 48.5 Å². The van der Waals surface area contributed by atoms with Crippen LogP contribution in [0.1, 0.15) is 30.9 Å². The minimum atomic E-state index is -0.212. The Balaban J connectivity index is 1.61. The number of carbonyl (C=O) groups is 2. The first-order valence-corrected chi connectivity index (χ1v) is 9.64. The molecule has 0 N–H and O–H groups in total. The van der Waals surface area contributed by atoms with E-state index in [1.54, 1.807) is 24.0 Å². The first-order chi connectivity index (χ1) is 13.6. The van der Waals surface area contributed by atoms with Crippen molar-refractivity contribution in [2.24, 2.45) is 5.92 Å². The standard InChI is InChI=1S/C23H24N2O3/c1-2-28-23(27)21-4-3-13-25(16-21)22(26)14-17-5-9-19(10-6-17)20-11-7-18(15-24)8-12-20/h5-12,21H,2-4,13-14,16H2,1H3. The van der Waals surface area contributed by atoms with Gasteiger partial charge in [-0.3, -0.25) is 9.59 Å². The van der Waals surface area contributed by atoms with Crippen LogP contribution in [0.4, 0.5) is 0 Å².